The van der Waals surface area contributed by atoms with Crippen LogP contribution in [-0.2, 0) is 25.2 Å². The summed E-state index contributed by atoms with van der Waals surface area (Å²) in [6.45, 7) is 2.17. The molecule has 18 heteroatoms. The summed E-state index contributed by atoms with van der Waals surface area (Å²) < 4.78 is 77.1. The molecule has 2 saturated heterocycles. The van der Waals surface area contributed by atoms with E-state index in [1.165, 1.54) is 18.2 Å². The summed E-state index contributed by atoms with van der Waals surface area (Å²) in [7, 11) is 0. The smallest absolute Gasteiger partial charge is 0.416 e. The highest BCUT2D eigenvalue weighted by molar-refractivity contribution is 6.00. The minimum absolute atomic E-state index is 0. The van der Waals surface area contributed by atoms with Crippen LogP contribution in [0.5, 0.6) is 0 Å². The maximum Gasteiger partial charge on any atom is 0.416 e. The molecule has 2 aromatic carbocycles. The van der Waals surface area contributed by atoms with E-state index in [2.05, 4.69) is 37.4 Å². The van der Waals surface area contributed by atoms with Crippen molar-refractivity contribution in [1.29, 1.82) is 10.5 Å². The lowest BCUT2D eigenvalue weighted by Gasteiger charge is -2.37. The first-order valence-corrected chi connectivity index (χ1v) is 21.1. The second-order valence-electron chi connectivity index (χ2n) is 16.2. The van der Waals surface area contributed by atoms with Gasteiger partial charge in [-0.3, -0.25) is 24.7 Å². The number of benzene rings is 2. The number of carboxylic acid groups (broad SMARTS) is 1. The quantitative estimate of drug-likeness (QED) is 0.140. The molecular weight excluding hydrogens is 946 g/mol. The van der Waals surface area contributed by atoms with Crippen molar-refractivity contribution in [3.8, 4) is 34.7 Å². The number of aromatic carboxylic acids is 1. The molecule has 4 aromatic heterocycles. The Morgan fingerprint density at radius 2 is 1.01 bits per heavy atom. The second-order valence-corrected chi connectivity index (χ2v) is 16.2. The Labute approximate surface area is 417 Å². The molecule has 0 spiro atoms. The van der Waals surface area contributed by atoms with Crippen molar-refractivity contribution < 1.29 is 41.0 Å². The van der Waals surface area contributed by atoms with E-state index >= 15 is 0 Å². The van der Waals surface area contributed by atoms with Crippen LogP contribution >= 0.6 is 12.4 Å². The van der Waals surface area contributed by atoms with Gasteiger partial charge < -0.3 is 15.3 Å². The number of carbonyl (C=O) groups excluding carboxylic acids is 1. The highest BCUT2D eigenvalue weighted by atomic mass is 35.5. The van der Waals surface area contributed by atoms with Gasteiger partial charge in [-0.2, -0.15) is 36.9 Å². The number of nitriles is 2. The monoisotopic (exact) mass is 1000 g/mol. The van der Waals surface area contributed by atoms with Gasteiger partial charge in [0.05, 0.1) is 56.6 Å². The fraction of sp³-hybridized carbons (Fsp3) is 0.321. The van der Waals surface area contributed by atoms with Crippen LogP contribution in [-0.4, -0.2) is 68.0 Å². The molecule has 6 aromatic rings. The maximum absolute atomic E-state index is 13.3. The van der Waals surface area contributed by atoms with Crippen LogP contribution in [0.1, 0.15) is 90.9 Å². The lowest BCUT2D eigenvalue weighted by atomic mass is 9.75. The van der Waals surface area contributed by atoms with Gasteiger partial charge in [0.1, 0.15) is 0 Å². The number of halogens is 7. The topological polar surface area (TPSA) is 169 Å². The second kappa shape index (κ2) is 26.7. The van der Waals surface area contributed by atoms with E-state index in [0.29, 0.717) is 73.3 Å². The van der Waals surface area contributed by atoms with Gasteiger partial charge in [0.15, 0.2) is 0 Å². The fourth-order valence-corrected chi connectivity index (χ4v) is 8.00. The number of alkyl halides is 6. The standard InChI is InChI=1S/C25H21F3N4O.C14H15F3N2.C11H8N2O2.3CH4.ClH/c26-25(27,28)20-4-1-3-18(15-20)16-24(17-29)8-13-32(14-9-24)23(33)21-5-2-10-31-22(21)19-6-11-30-12-7-19;15-14(16,17)12-3-1-2-11(8-12)9-13(10-18)4-6-19-7-5-13;14-11(15)9-2-1-5-13-10(9)8-3-6-12-7-4-8;;;;/h1-7,10-12,15H,8-9,13-14,16H2;1-3,8,19H,4-7,9H2;1-7H,(H,14,15);3*1H4;1H. The summed E-state index contributed by atoms with van der Waals surface area (Å²) in [5.41, 5.74) is 1.56. The molecule has 0 saturated carbocycles. The summed E-state index contributed by atoms with van der Waals surface area (Å²) in [5.74, 6) is -1.16. The first-order valence-electron chi connectivity index (χ1n) is 21.1. The fourth-order valence-electron chi connectivity index (χ4n) is 8.00. The Morgan fingerprint density at radius 3 is 1.42 bits per heavy atom. The number of aromatic nitrogens is 4. The summed E-state index contributed by atoms with van der Waals surface area (Å²) >= 11 is 0. The first kappa shape index (κ1) is 59.9. The number of amides is 1. The average Bonchev–Trinajstić information content (AvgIpc) is 3.35. The van der Waals surface area contributed by atoms with E-state index in [1.54, 1.807) is 96.7 Å². The van der Waals surface area contributed by atoms with E-state index < -0.39 is 40.3 Å². The number of pyridine rings is 4. The van der Waals surface area contributed by atoms with Crippen LogP contribution in [0, 0.1) is 33.5 Å². The van der Waals surface area contributed by atoms with E-state index in [0.717, 1.165) is 48.5 Å². The van der Waals surface area contributed by atoms with Crippen LogP contribution in [0.15, 0.2) is 134 Å². The predicted molar refractivity (Wildman–Crippen MR) is 263 cm³/mol. The Morgan fingerprint density at radius 1 is 0.606 bits per heavy atom. The summed E-state index contributed by atoms with van der Waals surface area (Å²) in [6, 6.07) is 28.6. The van der Waals surface area contributed by atoms with E-state index in [-0.39, 0.29) is 52.6 Å². The van der Waals surface area contributed by atoms with E-state index in [9.17, 15) is 46.5 Å². The van der Waals surface area contributed by atoms with Crippen LogP contribution in [0.4, 0.5) is 26.3 Å². The van der Waals surface area contributed by atoms with Crippen LogP contribution < -0.4 is 5.32 Å². The Hall–Kier alpha value is -7.21. The van der Waals surface area contributed by atoms with Gasteiger partial charge in [-0.05, 0) is 123 Å². The van der Waals surface area contributed by atoms with Crippen molar-refractivity contribution in [3.63, 3.8) is 0 Å². The third-order valence-electron chi connectivity index (χ3n) is 11.6. The SMILES string of the molecule is C.C.C.Cl.N#CC1(Cc2cccc(C(F)(F)F)c2)CCN(C(=O)c2cccnc2-c2ccncc2)CC1.N#CC1(Cc2cccc(C(F)(F)F)c2)CCNCC1.O=C(O)c1cccnc1-c1ccncc1. The molecule has 376 valence electrons. The third-order valence-corrected chi connectivity index (χ3v) is 11.6. The van der Waals surface area contributed by atoms with Gasteiger partial charge in [-0.25, -0.2) is 4.79 Å². The average molecular weight is 1000 g/mol. The highest BCUT2D eigenvalue weighted by Gasteiger charge is 2.38. The molecule has 0 aliphatic carbocycles. The number of rotatable bonds is 8. The Kier molecular flexibility index (Phi) is 22.5. The predicted octanol–water partition coefficient (Wildman–Crippen LogP) is 12.5. The molecule has 6 heterocycles. The van der Waals surface area contributed by atoms with E-state index in [4.69, 9.17) is 5.11 Å². The van der Waals surface area contributed by atoms with Crippen molar-refractivity contribution in [3.05, 3.63) is 168 Å². The Balaban J connectivity index is 0.000000388. The number of hydrogen-bond donors (Lipinski definition) is 2. The zero-order chi connectivity index (χ0) is 48.1. The van der Waals surface area contributed by atoms with Gasteiger partial charge in [-0.1, -0.05) is 58.7 Å². The number of piperidine rings is 2. The first-order chi connectivity index (χ1) is 32.1. The summed E-state index contributed by atoms with van der Waals surface area (Å²) in [5, 5.41) is 31.3. The number of nitrogens with zero attached hydrogens (tertiary/aromatic N) is 7. The number of hydrogen-bond acceptors (Lipinski definition) is 9. The number of carbonyl (C=O) groups is 2. The van der Waals surface area contributed by atoms with Gasteiger partial charge >= 0.3 is 18.3 Å². The zero-order valence-corrected chi connectivity index (χ0v) is 37.2. The van der Waals surface area contributed by atoms with Crippen LogP contribution in [0.3, 0.4) is 0 Å². The molecule has 71 heavy (non-hydrogen) atoms. The van der Waals surface area contributed by atoms with Gasteiger partial charge in [0.25, 0.3) is 5.91 Å². The number of likely N-dealkylation sites (tertiary alicyclic amines) is 1. The van der Waals surface area contributed by atoms with Crippen LogP contribution in [0.2, 0.25) is 0 Å². The van der Waals surface area contributed by atoms with Crippen molar-refractivity contribution in [1.82, 2.24) is 30.2 Å². The molecule has 1 amide bonds. The molecule has 2 aliphatic heterocycles. The molecule has 0 unspecified atom stereocenters. The van der Waals surface area contributed by atoms with Crippen LogP contribution in [0.25, 0.3) is 22.5 Å². The molecule has 2 fully saturated rings. The molecule has 2 N–H and O–H groups in total. The zero-order valence-electron chi connectivity index (χ0n) is 36.3. The number of carboxylic acids is 1. The van der Waals surface area contributed by atoms with Crippen molar-refractivity contribution in [2.75, 3.05) is 26.2 Å². The van der Waals surface area contributed by atoms with Gasteiger partial charge in [0, 0.05) is 61.4 Å². The highest BCUT2D eigenvalue weighted by Crippen LogP contribution is 2.38. The lowest BCUT2D eigenvalue weighted by molar-refractivity contribution is -0.138. The summed E-state index contributed by atoms with van der Waals surface area (Å²) in [4.78, 5) is 42.2. The van der Waals surface area contributed by atoms with Crippen molar-refractivity contribution in [2.45, 2.75) is 73.2 Å². The summed E-state index contributed by atoms with van der Waals surface area (Å²) in [6.07, 6.45) is 3.64. The largest absolute Gasteiger partial charge is 0.478 e. The Bertz CT molecular complexity index is 2720. The van der Waals surface area contributed by atoms with Crippen molar-refractivity contribution >= 4 is 24.3 Å². The van der Waals surface area contributed by atoms with E-state index in [1.807, 2.05) is 0 Å². The molecule has 8 rings (SSSR count). The maximum atomic E-state index is 13.3. The minimum atomic E-state index is -4.43. The molecule has 2 aliphatic rings. The van der Waals surface area contributed by atoms with Gasteiger partial charge in [-0.15, -0.1) is 12.4 Å². The molecule has 0 bridgehead atoms. The molecule has 11 nitrogen and oxygen atoms in total. The normalized spacial score (nSPS) is 14.4. The van der Waals surface area contributed by atoms with Gasteiger partial charge in [0.2, 0.25) is 0 Å². The van der Waals surface area contributed by atoms with Crippen molar-refractivity contribution in [2.24, 2.45) is 10.8 Å². The molecule has 0 atom stereocenters. The minimum Gasteiger partial charge on any atom is -0.478 e. The molecule has 0 radical (unpaired) electrons. The molecular formula is C53H57ClF6N8O3. The lowest BCUT2D eigenvalue weighted by Crippen LogP contribution is -2.43. The third kappa shape index (κ3) is 15.9. The number of nitrogens with one attached hydrogen (secondary N) is 1.